The molecule has 0 fully saturated rings. The maximum absolute atomic E-state index is 13.2. The molecule has 7 heteroatoms. The third-order valence-electron chi connectivity index (χ3n) is 3.48. The molecule has 0 saturated carbocycles. The van der Waals surface area contributed by atoms with Crippen LogP contribution in [0, 0.1) is 11.7 Å². The molecule has 0 aliphatic carbocycles. The van der Waals surface area contributed by atoms with Crippen LogP contribution in [0.2, 0.25) is 0 Å². The molecule has 2 amide bonds. The Bertz CT molecular complexity index is 628. The van der Waals surface area contributed by atoms with E-state index in [9.17, 15) is 23.9 Å². The monoisotopic (exact) mass is 309 g/mol. The maximum atomic E-state index is 13.2. The Hall–Kier alpha value is -2.28. The molecule has 6 nitrogen and oxygen atoms in total. The minimum Gasteiger partial charge on any atom is -0.466 e. The number of rotatable bonds is 5. The van der Waals surface area contributed by atoms with E-state index in [-0.39, 0.29) is 24.3 Å². The van der Waals surface area contributed by atoms with Gasteiger partial charge in [0.2, 0.25) is 0 Å². The summed E-state index contributed by atoms with van der Waals surface area (Å²) in [6.07, 6.45) is -1.10. The molecule has 118 valence electrons. The largest absolute Gasteiger partial charge is 0.466 e. The predicted molar refractivity (Wildman–Crippen MR) is 73.6 cm³/mol. The molecule has 1 aromatic rings. The number of aliphatic hydroxyl groups excluding tert-OH is 1. The Morgan fingerprint density at radius 3 is 2.55 bits per heavy atom. The van der Waals surface area contributed by atoms with Crippen LogP contribution in [0.15, 0.2) is 18.2 Å². The van der Waals surface area contributed by atoms with Gasteiger partial charge in [-0.1, -0.05) is 0 Å². The third-order valence-corrected chi connectivity index (χ3v) is 3.48. The molecule has 1 aliphatic rings. The van der Waals surface area contributed by atoms with E-state index in [2.05, 4.69) is 0 Å². The van der Waals surface area contributed by atoms with Crippen molar-refractivity contribution in [2.24, 2.45) is 5.92 Å². The van der Waals surface area contributed by atoms with Gasteiger partial charge in [-0.25, -0.2) is 4.39 Å². The second-order valence-corrected chi connectivity index (χ2v) is 5.01. The van der Waals surface area contributed by atoms with Crippen LogP contribution >= 0.6 is 0 Å². The van der Waals surface area contributed by atoms with Crippen LogP contribution in [-0.4, -0.2) is 47.0 Å². The number of carbonyl (C=O) groups is 3. The van der Waals surface area contributed by atoms with E-state index in [0.717, 1.165) is 17.0 Å². The highest BCUT2D eigenvalue weighted by molar-refractivity contribution is 6.21. The molecular formula is C15H16FNO5. The summed E-state index contributed by atoms with van der Waals surface area (Å²) in [6, 6.07) is 3.30. The van der Waals surface area contributed by atoms with Crippen molar-refractivity contribution in [3.05, 3.63) is 35.1 Å². The van der Waals surface area contributed by atoms with Crippen molar-refractivity contribution in [2.75, 3.05) is 13.2 Å². The first kappa shape index (κ1) is 16.1. The highest BCUT2D eigenvalue weighted by Gasteiger charge is 2.39. The highest BCUT2D eigenvalue weighted by Crippen LogP contribution is 2.25. The third kappa shape index (κ3) is 2.85. The molecule has 0 unspecified atom stereocenters. The minimum absolute atomic E-state index is 0.0433. The Kier molecular flexibility index (Phi) is 4.56. The quantitative estimate of drug-likeness (QED) is 0.647. The number of esters is 1. The number of benzene rings is 1. The average molecular weight is 309 g/mol. The summed E-state index contributed by atoms with van der Waals surface area (Å²) in [7, 11) is 0. The van der Waals surface area contributed by atoms with Gasteiger partial charge in [-0.3, -0.25) is 19.3 Å². The van der Waals surface area contributed by atoms with Crippen LogP contribution in [0.5, 0.6) is 0 Å². The SMILES string of the molecule is CCOC(=O)[C@@H](CN1C(=O)c2ccc(F)cc2C1=O)[C@@H](C)O. The fraction of sp³-hybridized carbons (Fsp3) is 0.400. The van der Waals surface area contributed by atoms with Crippen molar-refractivity contribution in [2.45, 2.75) is 20.0 Å². The summed E-state index contributed by atoms with van der Waals surface area (Å²) in [5.41, 5.74) is 0.0396. The number of fused-ring (bicyclic) bond motifs is 1. The van der Waals surface area contributed by atoms with Crippen molar-refractivity contribution in [3.8, 4) is 0 Å². The molecule has 0 bridgehead atoms. The summed E-state index contributed by atoms with van der Waals surface area (Å²) in [5, 5.41) is 9.69. The molecule has 1 aliphatic heterocycles. The highest BCUT2D eigenvalue weighted by atomic mass is 19.1. The number of aliphatic hydroxyl groups is 1. The number of imide groups is 1. The fourth-order valence-corrected chi connectivity index (χ4v) is 2.30. The zero-order valence-corrected chi connectivity index (χ0v) is 12.2. The van der Waals surface area contributed by atoms with Gasteiger partial charge >= 0.3 is 5.97 Å². The molecular weight excluding hydrogens is 293 g/mol. The second kappa shape index (κ2) is 6.23. The maximum Gasteiger partial charge on any atom is 0.313 e. The molecule has 0 aromatic heterocycles. The van der Waals surface area contributed by atoms with Crippen molar-refractivity contribution in [3.63, 3.8) is 0 Å². The summed E-state index contributed by atoms with van der Waals surface area (Å²) in [4.78, 5) is 37.1. The first-order valence-electron chi connectivity index (χ1n) is 6.87. The van der Waals surface area contributed by atoms with E-state index < -0.39 is 35.6 Å². The van der Waals surface area contributed by atoms with Crippen molar-refractivity contribution in [1.82, 2.24) is 4.90 Å². The van der Waals surface area contributed by atoms with Gasteiger partial charge in [0.05, 0.1) is 23.8 Å². The lowest BCUT2D eigenvalue weighted by Crippen LogP contribution is -2.42. The lowest BCUT2D eigenvalue weighted by atomic mass is 10.0. The first-order chi connectivity index (χ1) is 10.4. The van der Waals surface area contributed by atoms with E-state index in [4.69, 9.17) is 4.74 Å². The fourth-order valence-electron chi connectivity index (χ4n) is 2.30. The topological polar surface area (TPSA) is 83.9 Å². The molecule has 2 atom stereocenters. The molecule has 22 heavy (non-hydrogen) atoms. The van der Waals surface area contributed by atoms with E-state index in [1.165, 1.54) is 13.0 Å². The number of ether oxygens (including phenoxy) is 1. The predicted octanol–water partition coefficient (Wildman–Crippen LogP) is 0.982. The zero-order valence-electron chi connectivity index (χ0n) is 12.2. The number of hydrogen-bond donors (Lipinski definition) is 1. The summed E-state index contributed by atoms with van der Waals surface area (Å²) in [5.74, 6) is -3.67. The Morgan fingerprint density at radius 2 is 1.95 bits per heavy atom. The van der Waals surface area contributed by atoms with Gasteiger partial charge in [-0.2, -0.15) is 0 Å². The number of carbonyl (C=O) groups excluding carboxylic acids is 3. The molecule has 1 N–H and O–H groups in total. The Balaban J connectivity index is 2.25. The van der Waals surface area contributed by atoms with Gasteiger partial charge in [-0.05, 0) is 32.0 Å². The van der Waals surface area contributed by atoms with Crippen molar-refractivity contribution >= 4 is 17.8 Å². The van der Waals surface area contributed by atoms with Gasteiger partial charge in [0.25, 0.3) is 11.8 Å². The Morgan fingerprint density at radius 1 is 1.32 bits per heavy atom. The molecule has 1 aromatic carbocycles. The van der Waals surface area contributed by atoms with E-state index in [1.54, 1.807) is 6.92 Å². The van der Waals surface area contributed by atoms with Gasteiger partial charge in [-0.15, -0.1) is 0 Å². The first-order valence-corrected chi connectivity index (χ1v) is 6.87. The van der Waals surface area contributed by atoms with Gasteiger partial charge in [0.15, 0.2) is 0 Å². The van der Waals surface area contributed by atoms with Crippen LogP contribution in [0.25, 0.3) is 0 Å². The average Bonchev–Trinajstić information content (AvgIpc) is 2.68. The van der Waals surface area contributed by atoms with Crippen LogP contribution in [0.4, 0.5) is 4.39 Å². The van der Waals surface area contributed by atoms with Crippen molar-refractivity contribution in [1.29, 1.82) is 0 Å². The van der Waals surface area contributed by atoms with E-state index >= 15 is 0 Å². The molecule has 0 radical (unpaired) electrons. The molecule has 2 rings (SSSR count). The van der Waals surface area contributed by atoms with Crippen molar-refractivity contribution < 1.29 is 28.6 Å². The zero-order chi connectivity index (χ0) is 16.4. The van der Waals surface area contributed by atoms with E-state index in [1.807, 2.05) is 0 Å². The summed E-state index contributed by atoms with van der Waals surface area (Å²) >= 11 is 0. The lowest BCUT2D eigenvalue weighted by molar-refractivity contribution is -0.151. The lowest BCUT2D eigenvalue weighted by Gasteiger charge is -2.23. The minimum atomic E-state index is -1.10. The summed E-state index contributed by atoms with van der Waals surface area (Å²) < 4.78 is 18.0. The standard InChI is InChI=1S/C15H16FNO5/c1-3-22-15(21)12(8(2)18)7-17-13(19)10-5-4-9(16)6-11(10)14(17)20/h4-6,8,12,18H,3,7H2,1-2H3/t8-,12+/m1/s1. The normalized spacial score (nSPS) is 16.5. The van der Waals surface area contributed by atoms with Gasteiger partial charge in [0, 0.05) is 6.54 Å². The van der Waals surface area contributed by atoms with Gasteiger partial charge in [0.1, 0.15) is 11.7 Å². The summed E-state index contributed by atoms with van der Waals surface area (Å²) in [6.45, 7) is 2.79. The molecule has 0 saturated heterocycles. The second-order valence-electron chi connectivity index (χ2n) is 5.01. The smallest absolute Gasteiger partial charge is 0.313 e. The Labute approximate surface area is 126 Å². The van der Waals surface area contributed by atoms with Crippen LogP contribution in [0.1, 0.15) is 34.6 Å². The van der Waals surface area contributed by atoms with E-state index in [0.29, 0.717) is 0 Å². The number of halogens is 1. The number of hydrogen-bond acceptors (Lipinski definition) is 5. The molecule has 0 spiro atoms. The van der Waals surface area contributed by atoms with Crippen LogP contribution in [0.3, 0.4) is 0 Å². The number of nitrogens with zero attached hydrogens (tertiary/aromatic N) is 1. The van der Waals surface area contributed by atoms with Crippen LogP contribution < -0.4 is 0 Å². The number of amides is 2. The van der Waals surface area contributed by atoms with Crippen LogP contribution in [-0.2, 0) is 9.53 Å². The van der Waals surface area contributed by atoms with Gasteiger partial charge < -0.3 is 9.84 Å². The molecule has 1 heterocycles.